The quantitative estimate of drug-likeness (QED) is 0.415. The molecule has 0 aliphatic carbocycles. The molecule has 0 spiro atoms. The van der Waals surface area contributed by atoms with Crippen LogP contribution < -0.4 is 20.3 Å². The molecule has 1 saturated heterocycles. The molecular formula is C24H19BrClN3O2S. The maximum atomic E-state index is 13.7. The summed E-state index contributed by atoms with van der Waals surface area (Å²) in [5, 5.41) is 7.53. The third kappa shape index (κ3) is 3.54. The zero-order valence-corrected chi connectivity index (χ0v) is 20.2. The molecule has 2 aliphatic rings. The van der Waals surface area contributed by atoms with Gasteiger partial charge in [0, 0.05) is 26.4 Å². The van der Waals surface area contributed by atoms with Crippen molar-refractivity contribution in [3.05, 3.63) is 87.9 Å². The van der Waals surface area contributed by atoms with Crippen LogP contribution in [0.15, 0.2) is 77.3 Å². The molecule has 0 aromatic heterocycles. The molecular weight excluding hydrogens is 510 g/mol. The minimum Gasteiger partial charge on any atom is -0.467 e. The summed E-state index contributed by atoms with van der Waals surface area (Å²) in [5.74, 6) is -0.0476. The fourth-order valence-corrected chi connectivity index (χ4v) is 5.41. The second-order valence-corrected chi connectivity index (χ2v) is 9.65. The normalized spacial score (nSPS) is 23.6. The number of para-hydroxylation sites is 1. The lowest BCUT2D eigenvalue weighted by atomic mass is 9.78. The van der Waals surface area contributed by atoms with E-state index in [0.717, 1.165) is 21.5 Å². The lowest BCUT2D eigenvalue weighted by molar-refractivity contribution is -0.130. The predicted molar refractivity (Wildman–Crippen MR) is 134 cm³/mol. The number of nitrogens with zero attached hydrogens (tertiary/aromatic N) is 1. The number of ether oxygens (including phenoxy) is 1. The molecule has 2 N–H and O–H groups in total. The first-order valence-electron chi connectivity index (χ1n) is 10.1. The second-order valence-electron chi connectivity index (χ2n) is 7.91. The van der Waals surface area contributed by atoms with Gasteiger partial charge in [-0.2, -0.15) is 0 Å². The number of hydrogen-bond acceptors (Lipinski definition) is 3. The van der Waals surface area contributed by atoms with Gasteiger partial charge in [-0.15, -0.1) is 0 Å². The number of benzene rings is 3. The topological polar surface area (TPSA) is 53.6 Å². The summed E-state index contributed by atoms with van der Waals surface area (Å²) in [5.41, 5.74) is 1.33. The molecule has 3 aromatic carbocycles. The van der Waals surface area contributed by atoms with E-state index in [2.05, 4.69) is 26.6 Å². The summed E-state index contributed by atoms with van der Waals surface area (Å²) in [6.45, 7) is 1.91. The van der Waals surface area contributed by atoms with Gasteiger partial charge >= 0.3 is 0 Å². The van der Waals surface area contributed by atoms with Crippen LogP contribution in [0.4, 0.5) is 11.4 Å². The number of nitrogens with one attached hydrogen (secondary N) is 2. The lowest BCUT2D eigenvalue weighted by Crippen LogP contribution is -2.72. The molecule has 5 nitrogen and oxygen atoms in total. The van der Waals surface area contributed by atoms with E-state index >= 15 is 0 Å². The predicted octanol–water partition coefficient (Wildman–Crippen LogP) is 5.90. The Balaban J connectivity index is 1.61. The van der Waals surface area contributed by atoms with Gasteiger partial charge < -0.3 is 15.4 Å². The molecule has 8 heteroatoms. The first kappa shape index (κ1) is 21.2. The molecule has 0 radical (unpaired) electrons. The first-order valence-corrected chi connectivity index (χ1v) is 11.7. The Morgan fingerprint density at radius 3 is 2.66 bits per heavy atom. The zero-order chi connectivity index (χ0) is 22.5. The van der Waals surface area contributed by atoms with Gasteiger partial charge in [0.05, 0.1) is 6.04 Å². The number of hydrogen-bond donors (Lipinski definition) is 2. The van der Waals surface area contributed by atoms with Crippen LogP contribution in [0, 0.1) is 5.92 Å². The fourth-order valence-electron chi connectivity index (χ4n) is 4.49. The molecule has 1 amide bonds. The molecule has 5 rings (SSSR count). The van der Waals surface area contributed by atoms with Gasteiger partial charge in [0.1, 0.15) is 11.7 Å². The van der Waals surface area contributed by atoms with E-state index in [1.807, 2.05) is 60.4 Å². The molecule has 2 heterocycles. The van der Waals surface area contributed by atoms with Crippen LogP contribution in [0.2, 0.25) is 5.02 Å². The van der Waals surface area contributed by atoms with E-state index in [0.29, 0.717) is 15.8 Å². The van der Waals surface area contributed by atoms with Crippen LogP contribution in [0.25, 0.3) is 0 Å². The highest BCUT2D eigenvalue weighted by Crippen LogP contribution is 2.49. The largest absolute Gasteiger partial charge is 0.467 e. The summed E-state index contributed by atoms with van der Waals surface area (Å²) in [6.07, 6.45) is 0. The van der Waals surface area contributed by atoms with Crippen molar-refractivity contribution < 1.29 is 9.53 Å². The molecule has 162 valence electrons. The monoisotopic (exact) mass is 527 g/mol. The number of halogens is 2. The van der Waals surface area contributed by atoms with Crippen molar-refractivity contribution in [3.8, 4) is 5.75 Å². The van der Waals surface area contributed by atoms with Gasteiger partial charge in [-0.05, 0) is 67.7 Å². The Labute approximate surface area is 204 Å². The second kappa shape index (κ2) is 8.06. The molecule has 1 fully saturated rings. The van der Waals surface area contributed by atoms with Crippen molar-refractivity contribution in [2.75, 3.05) is 10.2 Å². The van der Waals surface area contributed by atoms with E-state index in [1.54, 1.807) is 24.3 Å². The fraction of sp³-hybridized carbons (Fsp3) is 0.167. The minimum atomic E-state index is -1.06. The highest BCUT2D eigenvalue weighted by atomic mass is 79.9. The number of amides is 1. The van der Waals surface area contributed by atoms with Crippen molar-refractivity contribution in [1.82, 2.24) is 5.32 Å². The van der Waals surface area contributed by atoms with E-state index in [9.17, 15) is 4.79 Å². The van der Waals surface area contributed by atoms with Gasteiger partial charge in [0.25, 0.3) is 0 Å². The van der Waals surface area contributed by atoms with E-state index in [4.69, 9.17) is 28.6 Å². The Kier molecular flexibility index (Phi) is 5.35. The molecule has 0 unspecified atom stereocenters. The summed E-state index contributed by atoms with van der Waals surface area (Å²) >= 11 is 15.3. The Morgan fingerprint density at radius 1 is 1.16 bits per heavy atom. The van der Waals surface area contributed by atoms with Gasteiger partial charge in [0.2, 0.25) is 5.91 Å². The summed E-state index contributed by atoms with van der Waals surface area (Å²) in [7, 11) is 0. The summed E-state index contributed by atoms with van der Waals surface area (Å²) in [6, 6.07) is 22.2. The zero-order valence-electron chi connectivity index (χ0n) is 17.0. The van der Waals surface area contributed by atoms with Crippen LogP contribution >= 0.6 is 39.7 Å². The van der Waals surface area contributed by atoms with Crippen molar-refractivity contribution in [3.63, 3.8) is 0 Å². The third-order valence-electron chi connectivity index (χ3n) is 5.87. The number of anilines is 2. The highest BCUT2D eigenvalue weighted by molar-refractivity contribution is 9.10. The molecule has 3 atom stereocenters. The number of rotatable bonds is 3. The average molecular weight is 529 g/mol. The van der Waals surface area contributed by atoms with Crippen LogP contribution in [-0.2, 0) is 4.79 Å². The van der Waals surface area contributed by atoms with Crippen LogP contribution in [-0.4, -0.2) is 16.7 Å². The van der Waals surface area contributed by atoms with Crippen LogP contribution in [0.1, 0.15) is 18.5 Å². The van der Waals surface area contributed by atoms with Gasteiger partial charge in [-0.3, -0.25) is 9.69 Å². The van der Waals surface area contributed by atoms with E-state index < -0.39 is 11.6 Å². The van der Waals surface area contributed by atoms with Crippen molar-refractivity contribution in [2.24, 2.45) is 5.92 Å². The van der Waals surface area contributed by atoms with Crippen LogP contribution in [0.3, 0.4) is 0 Å². The van der Waals surface area contributed by atoms with Crippen molar-refractivity contribution >= 4 is 62.1 Å². The third-order valence-corrected chi connectivity index (χ3v) is 6.91. The first-order chi connectivity index (χ1) is 15.4. The van der Waals surface area contributed by atoms with Gasteiger partial charge in [0.15, 0.2) is 10.8 Å². The van der Waals surface area contributed by atoms with E-state index in [-0.39, 0.29) is 11.9 Å². The molecule has 3 aromatic rings. The SMILES string of the molecule is C[C@]12Oc3ccccc3[C@H](NC(=S)N1c1cccc(Br)c1)[C@@H]2C(=O)Nc1ccc(Cl)cc1. The number of thiocarbonyl (C=S) groups is 1. The van der Waals surface area contributed by atoms with Gasteiger partial charge in [-0.25, -0.2) is 0 Å². The molecule has 2 bridgehead atoms. The number of fused-ring (bicyclic) bond motifs is 4. The van der Waals surface area contributed by atoms with Crippen molar-refractivity contribution in [1.29, 1.82) is 0 Å². The maximum Gasteiger partial charge on any atom is 0.236 e. The van der Waals surface area contributed by atoms with Crippen molar-refractivity contribution in [2.45, 2.75) is 18.7 Å². The maximum absolute atomic E-state index is 13.7. The summed E-state index contributed by atoms with van der Waals surface area (Å²) in [4.78, 5) is 15.6. The highest BCUT2D eigenvalue weighted by Gasteiger charge is 2.59. The lowest BCUT2D eigenvalue weighted by Gasteiger charge is -2.56. The standard InChI is InChI=1S/C24H19BrClN3O2S/c1-24-20(22(30)27-16-11-9-15(26)10-12-16)21(18-7-2-3-8-19(18)31-24)28-23(32)29(24)17-6-4-5-14(25)13-17/h2-13,20-21H,1H3,(H,27,30)(H,28,32)/t20-,21+,24-/m1/s1. The molecule has 32 heavy (non-hydrogen) atoms. The molecule has 2 aliphatic heterocycles. The smallest absolute Gasteiger partial charge is 0.236 e. The van der Waals surface area contributed by atoms with Gasteiger partial charge in [-0.1, -0.05) is 51.8 Å². The minimum absolute atomic E-state index is 0.177. The Morgan fingerprint density at radius 2 is 1.91 bits per heavy atom. The van der Waals surface area contributed by atoms with E-state index in [1.165, 1.54) is 0 Å². The molecule has 0 saturated carbocycles. The number of carbonyl (C=O) groups is 1. The Hall–Kier alpha value is -2.61. The van der Waals surface area contributed by atoms with Crippen LogP contribution in [0.5, 0.6) is 5.75 Å². The summed E-state index contributed by atoms with van der Waals surface area (Å²) < 4.78 is 7.46. The Bertz CT molecular complexity index is 1220. The average Bonchev–Trinajstić information content (AvgIpc) is 2.74. The number of carbonyl (C=O) groups excluding carboxylic acids is 1.